The van der Waals surface area contributed by atoms with Crippen molar-refractivity contribution < 1.29 is 19.6 Å². The highest BCUT2D eigenvalue weighted by Gasteiger charge is 2.50. The molecule has 0 aromatic heterocycles. The number of fused-ring (bicyclic) bond motifs is 1. The minimum atomic E-state index is -2.01. The number of rotatable bonds is 8. The van der Waals surface area contributed by atoms with Crippen LogP contribution in [0, 0.1) is 10.1 Å². The maximum absolute atomic E-state index is 13.3. The largest absolute Gasteiger partial charge is 0.375 e. The van der Waals surface area contributed by atoms with Crippen LogP contribution < -0.4 is 4.90 Å². The summed E-state index contributed by atoms with van der Waals surface area (Å²) in [5.41, 5.74) is -0.0266. The van der Waals surface area contributed by atoms with Gasteiger partial charge in [-0.15, -0.1) is 0 Å². The van der Waals surface area contributed by atoms with Crippen molar-refractivity contribution in [1.29, 1.82) is 0 Å². The Bertz CT molecular complexity index is 1180. The number of aryl methyl sites for hydroxylation is 1. The van der Waals surface area contributed by atoms with Crippen molar-refractivity contribution in [2.24, 2.45) is 0 Å². The van der Waals surface area contributed by atoms with Crippen LogP contribution in [0.25, 0.3) is 0 Å². The summed E-state index contributed by atoms with van der Waals surface area (Å²) in [6.07, 6.45) is 0.982. The molecule has 1 heterocycles. The van der Waals surface area contributed by atoms with Crippen LogP contribution in [0.4, 0.5) is 11.4 Å². The van der Waals surface area contributed by atoms with Crippen LogP contribution in [0.1, 0.15) is 34.3 Å². The smallest absolute Gasteiger partial charge is 0.270 e. The Labute approximate surface area is 185 Å². The van der Waals surface area contributed by atoms with Gasteiger partial charge in [0.2, 0.25) is 0 Å². The number of nitrogens with zero attached hydrogens (tertiary/aromatic N) is 2. The number of anilines is 1. The second-order valence-electron chi connectivity index (χ2n) is 7.83. The summed E-state index contributed by atoms with van der Waals surface area (Å²) in [5, 5.41) is 22.4. The molecule has 1 N–H and O–H groups in total. The molecule has 7 heteroatoms. The average Bonchev–Trinajstić information content (AvgIpc) is 3.01. The van der Waals surface area contributed by atoms with Gasteiger partial charge in [0.05, 0.1) is 17.0 Å². The van der Waals surface area contributed by atoms with E-state index < -0.39 is 28.6 Å². The fraction of sp³-hybridized carbons (Fsp3) is 0.200. The summed E-state index contributed by atoms with van der Waals surface area (Å²) >= 11 is 0. The van der Waals surface area contributed by atoms with Crippen LogP contribution in [0.15, 0.2) is 78.9 Å². The van der Waals surface area contributed by atoms with Crippen molar-refractivity contribution in [3.63, 3.8) is 0 Å². The molecule has 162 valence electrons. The molecule has 0 spiro atoms. The molecule has 4 rings (SSSR count). The van der Waals surface area contributed by atoms with Gasteiger partial charge in [0.15, 0.2) is 11.4 Å². The Morgan fingerprint density at radius 3 is 2.47 bits per heavy atom. The molecule has 0 bridgehead atoms. The van der Waals surface area contributed by atoms with Gasteiger partial charge in [0.1, 0.15) is 0 Å². The number of ketones is 1. The fourth-order valence-electron chi connectivity index (χ4n) is 4.11. The minimum Gasteiger partial charge on any atom is -0.375 e. The van der Waals surface area contributed by atoms with Gasteiger partial charge in [-0.05, 0) is 24.5 Å². The van der Waals surface area contributed by atoms with Crippen molar-refractivity contribution in [2.75, 3.05) is 11.4 Å². The molecule has 0 saturated heterocycles. The van der Waals surface area contributed by atoms with E-state index in [4.69, 9.17) is 0 Å². The number of benzene rings is 3. The molecule has 0 fully saturated rings. The maximum Gasteiger partial charge on any atom is 0.270 e. The molecule has 32 heavy (non-hydrogen) atoms. The van der Waals surface area contributed by atoms with E-state index in [0.29, 0.717) is 24.2 Å². The fourth-order valence-corrected chi connectivity index (χ4v) is 4.11. The highest BCUT2D eigenvalue weighted by Crippen LogP contribution is 2.43. The zero-order valence-electron chi connectivity index (χ0n) is 17.3. The molecule has 1 aliphatic heterocycles. The zero-order valence-corrected chi connectivity index (χ0v) is 17.3. The van der Waals surface area contributed by atoms with Gasteiger partial charge in [-0.2, -0.15) is 0 Å². The summed E-state index contributed by atoms with van der Waals surface area (Å²) in [6.45, 7) is 0.401. The lowest BCUT2D eigenvalue weighted by atomic mass is 9.88. The summed E-state index contributed by atoms with van der Waals surface area (Å²) in [4.78, 5) is 38.1. The number of para-hydroxylation sites is 1. The molecule has 3 aromatic rings. The van der Waals surface area contributed by atoms with Gasteiger partial charge < -0.3 is 10.0 Å². The first-order chi connectivity index (χ1) is 15.4. The van der Waals surface area contributed by atoms with Crippen LogP contribution in [0.5, 0.6) is 0 Å². The number of amides is 1. The normalized spacial score (nSPS) is 17.3. The van der Waals surface area contributed by atoms with Crippen LogP contribution >= 0.6 is 0 Å². The molecule has 7 nitrogen and oxygen atoms in total. The molecule has 0 aliphatic carbocycles. The quantitative estimate of drug-likeness (QED) is 0.330. The van der Waals surface area contributed by atoms with Crippen molar-refractivity contribution in [3.8, 4) is 0 Å². The molecule has 1 amide bonds. The van der Waals surface area contributed by atoms with Gasteiger partial charge in [0, 0.05) is 29.8 Å². The number of aliphatic hydroxyl groups is 1. The van der Waals surface area contributed by atoms with E-state index in [1.807, 2.05) is 30.3 Å². The zero-order chi connectivity index (χ0) is 22.7. The Morgan fingerprint density at radius 2 is 1.72 bits per heavy atom. The van der Waals surface area contributed by atoms with Crippen LogP contribution in [0.3, 0.4) is 0 Å². The molecular weight excluding hydrogens is 408 g/mol. The topological polar surface area (TPSA) is 101 Å². The van der Waals surface area contributed by atoms with Crippen molar-refractivity contribution in [1.82, 2.24) is 0 Å². The first-order valence-corrected chi connectivity index (χ1v) is 10.4. The Hall–Kier alpha value is -3.84. The summed E-state index contributed by atoms with van der Waals surface area (Å²) < 4.78 is 0. The van der Waals surface area contributed by atoms with Crippen molar-refractivity contribution in [3.05, 3.63) is 106 Å². The standard InChI is InChI=1S/C25H22N2O5/c28-23(19-11-6-12-20(16-19)27(31)32)17-25(30)21-13-4-5-14-22(21)26(24(25)29)15-7-10-18-8-2-1-3-9-18/h1-6,8-9,11-14,16,30H,7,10,15,17H2/t25-/m1/s1. The number of non-ortho nitro benzene ring substituents is 1. The van der Waals surface area contributed by atoms with Crippen molar-refractivity contribution in [2.45, 2.75) is 24.9 Å². The highest BCUT2D eigenvalue weighted by atomic mass is 16.6. The third-order valence-corrected chi connectivity index (χ3v) is 5.72. The number of carbonyl (C=O) groups excluding carboxylic acids is 2. The SMILES string of the molecule is O=C(C[C@]1(O)C(=O)N(CCCc2ccccc2)c2ccccc21)c1cccc([N+](=O)[O-])c1. The Morgan fingerprint density at radius 1 is 1.00 bits per heavy atom. The second-order valence-corrected chi connectivity index (χ2v) is 7.83. The van der Waals surface area contributed by atoms with Gasteiger partial charge >= 0.3 is 0 Å². The molecular formula is C25H22N2O5. The van der Waals surface area contributed by atoms with E-state index in [0.717, 1.165) is 18.1 Å². The third kappa shape index (κ3) is 4.02. The van der Waals surface area contributed by atoms with E-state index in [2.05, 4.69) is 0 Å². The van der Waals surface area contributed by atoms with Gasteiger partial charge in [-0.25, -0.2) is 0 Å². The number of carbonyl (C=O) groups is 2. The van der Waals surface area contributed by atoms with E-state index in [9.17, 15) is 24.8 Å². The average molecular weight is 430 g/mol. The monoisotopic (exact) mass is 430 g/mol. The van der Waals surface area contributed by atoms with Crippen molar-refractivity contribution >= 4 is 23.1 Å². The van der Waals surface area contributed by atoms with Gasteiger partial charge in [-0.1, -0.05) is 60.7 Å². The van der Waals surface area contributed by atoms with Crippen LogP contribution in [-0.2, 0) is 16.8 Å². The maximum atomic E-state index is 13.3. The molecule has 1 aliphatic rings. The molecule has 1 atom stereocenters. The van der Waals surface area contributed by atoms with Gasteiger partial charge in [0.25, 0.3) is 11.6 Å². The Balaban J connectivity index is 1.55. The van der Waals surface area contributed by atoms with Gasteiger partial charge in [-0.3, -0.25) is 19.7 Å². The first kappa shape index (κ1) is 21.4. The van der Waals surface area contributed by atoms with Crippen LogP contribution in [-0.4, -0.2) is 28.3 Å². The number of nitro benzene ring substituents is 1. The third-order valence-electron chi connectivity index (χ3n) is 5.72. The van der Waals surface area contributed by atoms with E-state index in [1.54, 1.807) is 24.3 Å². The highest BCUT2D eigenvalue weighted by molar-refractivity contribution is 6.10. The Kier molecular flexibility index (Phi) is 5.83. The lowest BCUT2D eigenvalue weighted by Gasteiger charge is -2.23. The molecule has 0 saturated carbocycles. The molecule has 0 unspecified atom stereocenters. The van der Waals surface area contributed by atoms with Crippen LogP contribution in [0.2, 0.25) is 0 Å². The molecule has 0 radical (unpaired) electrons. The van der Waals surface area contributed by atoms with E-state index in [-0.39, 0.29) is 11.3 Å². The molecule has 3 aromatic carbocycles. The lowest BCUT2D eigenvalue weighted by molar-refractivity contribution is -0.384. The van der Waals surface area contributed by atoms with E-state index in [1.165, 1.54) is 23.1 Å². The number of hydrogen-bond acceptors (Lipinski definition) is 5. The summed E-state index contributed by atoms with van der Waals surface area (Å²) in [6, 6.07) is 22.1. The predicted molar refractivity (Wildman–Crippen MR) is 119 cm³/mol. The number of hydrogen-bond donors (Lipinski definition) is 1. The number of Topliss-reactive ketones (excluding diaryl/α,β-unsaturated/α-hetero) is 1. The second kappa shape index (κ2) is 8.72. The first-order valence-electron chi connectivity index (χ1n) is 10.4. The summed E-state index contributed by atoms with van der Waals surface area (Å²) in [5.74, 6) is -1.09. The number of nitro groups is 1. The van der Waals surface area contributed by atoms with E-state index >= 15 is 0 Å². The predicted octanol–water partition coefficient (Wildman–Crippen LogP) is 4.03. The summed E-state index contributed by atoms with van der Waals surface area (Å²) in [7, 11) is 0. The minimum absolute atomic E-state index is 0.0837. The lowest BCUT2D eigenvalue weighted by Crippen LogP contribution is -2.42.